The molecule has 200 valence electrons. The zero-order chi connectivity index (χ0) is 27.0. The van der Waals surface area contributed by atoms with Crippen molar-refractivity contribution in [1.29, 1.82) is 0 Å². The van der Waals surface area contributed by atoms with Crippen molar-refractivity contribution < 1.29 is 27.9 Å². The number of aliphatic imine (C=N–C) groups is 1. The number of rotatable bonds is 12. The first-order valence-electron chi connectivity index (χ1n) is 11.8. The fourth-order valence-corrected chi connectivity index (χ4v) is 5.59. The molecule has 2 aromatic carbocycles. The Hall–Kier alpha value is -3.15. The fraction of sp³-hybridized carbons (Fsp3) is 0.400. The summed E-state index contributed by atoms with van der Waals surface area (Å²) in [5.41, 5.74) is 1.64. The van der Waals surface area contributed by atoms with Crippen molar-refractivity contribution in [3.8, 4) is 5.75 Å². The molecule has 0 saturated heterocycles. The van der Waals surface area contributed by atoms with Gasteiger partial charge in [0.1, 0.15) is 17.5 Å². The van der Waals surface area contributed by atoms with Crippen LogP contribution < -0.4 is 10.1 Å². The first kappa shape index (κ1) is 28.4. The standard InChI is InChI=1S/C25H31ClN4O6S/c1-29(16-18-6-8-19(9-7-18)24-28-13-14-30(24)25(32)33)23(31)5-3-4-12-27-17-37(34,35)22-11-10-20(36-2)15-21(22)26/h6-11,15,27H,3-5,12-14,16-17H2,1-2H3,(H,32,33). The van der Waals surface area contributed by atoms with E-state index in [1.54, 1.807) is 18.0 Å². The van der Waals surface area contributed by atoms with Crippen LogP contribution in [0.3, 0.4) is 0 Å². The molecule has 0 aromatic heterocycles. The third kappa shape index (κ3) is 7.67. The number of carbonyl (C=O) groups is 2. The summed E-state index contributed by atoms with van der Waals surface area (Å²) in [7, 11) is -0.389. The molecule has 2 amide bonds. The molecule has 0 fully saturated rings. The average molecular weight is 551 g/mol. The summed E-state index contributed by atoms with van der Waals surface area (Å²) in [6.07, 6.45) is 0.577. The molecular formula is C25H31ClN4O6S. The van der Waals surface area contributed by atoms with E-state index >= 15 is 0 Å². The molecule has 10 nitrogen and oxygen atoms in total. The Balaban J connectivity index is 1.38. The van der Waals surface area contributed by atoms with Gasteiger partial charge in [-0.1, -0.05) is 35.9 Å². The largest absolute Gasteiger partial charge is 0.497 e. The molecule has 0 radical (unpaired) electrons. The Kier molecular flexibility index (Phi) is 9.90. The Morgan fingerprint density at radius 1 is 1.19 bits per heavy atom. The number of hydrogen-bond acceptors (Lipinski definition) is 7. The topological polar surface area (TPSA) is 129 Å². The van der Waals surface area contributed by atoms with Crippen LogP contribution >= 0.6 is 11.6 Å². The van der Waals surface area contributed by atoms with Gasteiger partial charge in [0, 0.05) is 31.6 Å². The molecule has 0 saturated carbocycles. The minimum absolute atomic E-state index is 0.0149. The molecule has 0 aliphatic carbocycles. The van der Waals surface area contributed by atoms with E-state index in [0.717, 1.165) is 11.1 Å². The SMILES string of the molecule is COc1ccc(S(=O)(=O)CNCCCCC(=O)N(C)Cc2ccc(C3=NCCN3C(=O)O)cc2)c(Cl)c1. The van der Waals surface area contributed by atoms with Gasteiger partial charge in [-0.2, -0.15) is 0 Å². The molecule has 1 heterocycles. The number of nitrogens with one attached hydrogen (secondary N) is 1. The van der Waals surface area contributed by atoms with E-state index < -0.39 is 15.9 Å². The molecule has 1 aliphatic rings. The smallest absolute Gasteiger partial charge is 0.413 e. The number of hydrogen-bond donors (Lipinski definition) is 2. The summed E-state index contributed by atoms with van der Waals surface area (Å²) >= 11 is 6.07. The summed E-state index contributed by atoms with van der Waals surface area (Å²) in [4.78, 5) is 31.0. The van der Waals surface area contributed by atoms with Gasteiger partial charge in [-0.3, -0.25) is 14.7 Å². The lowest BCUT2D eigenvalue weighted by atomic mass is 10.1. The Labute approximate surface area is 221 Å². The second kappa shape index (κ2) is 12.9. The molecule has 1 aliphatic heterocycles. The summed E-state index contributed by atoms with van der Waals surface area (Å²) in [6, 6.07) is 11.8. The van der Waals surface area contributed by atoms with Gasteiger partial charge < -0.3 is 20.1 Å². The van der Waals surface area contributed by atoms with Gasteiger partial charge in [0.05, 0.1) is 30.1 Å². The molecule has 0 bridgehead atoms. The van der Waals surface area contributed by atoms with Crippen molar-refractivity contribution in [2.24, 2.45) is 4.99 Å². The maximum Gasteiger partial charge on any atom is 0.413 e. The molecule has 37 heavy (non-hydrogen) atoms. The number of halogens is 1. The summed E-state index contributed by atoms with van der Waals surface area (Å²) in [5.74, 6) is 0.657. The lowest BCUT2D eigenvalue weighted by Crippen LogP contribution is -2.33. The van der Waals surface area contributed by atoms with Crippen LogP contribution in [0.1, 0.15) is 30.4 Å². The van der Waals surface area contributed by atoms with Gasteiger partial charge in [0.15, 0.2) is 9.84 Å². The van der Waals surface area contributed by atoms with E-state index in [9.17, 15) is 23.1 Å². The van der Waals surface area contributed by atoms with Crippen molar-refractivity contribution >= 4 is 39.3 Å². The van der Waals surface area contributed by atoms with E-state index in [1.807, 2.05) is 24.3 Å². The van der Waals surface area contributed by atoms with Crippen LogP contribution in [0.4, 0.5) is 4.79 Å². The van der Waals surface area contributed by atoms with Crippen LogP contribution in [0.25, 0.3) is 0 Å². The molecule has 3 rings (SSSR count). The lowest BCUT2D eigenvalue weighted by molar-refractivity contribution is -0.130. The van der Waals surface area contributed by atoms with Gasteiger partial charge in [-0.05, 0) is 37.1 Å². The Bertz CT molecular complexity index is 1250. The number of carboxylic acid groups (broad SMARTS) is 1. The van der Waals surface area contributed by atoms with Crippen LogP contribution in [-0.2, 0) is 21.2 Å². The van der Waals surface area contributed by atoms with Crippen molar-refractivity contribution in [1.82, 2.24) is 15.1 Å². The highest BCUT2D eigenvalue weighted by atomic mass is 35.5. The highest BCUT2D eigenvalue weighted by Crippen LogP contribution is 2.26. The maximum absolute atomic E-state index is 12.5. The van der Waals surface area contributed by atoms with Crippen molar-refractivity contribution in [3.63, 3.8) is 0 Å². The number of methoxy groups -OCH3 is 1. The second-order valence-electron chi connectivity index (χ2n) is 8.60. The number of nitrogens with zero attached hydrogens (tertiary/aromatic N) is 3. The van der Waals surface area contributed by atoms with Gasteiger partial charge in [-0.25, -0.2) is 13.2 Å². The summed E-state index contributed by atoms with van der Waals surface area (Å²) in [6.45, 7) is 1.67. The van der Waals surface area contributed by atoms with Gasteiger partial charge in [0.25, 0.3) is 0 Å². The molecule has 0 unspecified atom stereocenters. The number of ether oxygens (including phenoxy) is 1. The number of carbonyl (C=O) groups excluding carboxylic acids is 1. The van der Waals surface area contributed by atoms with E-state index in [-0.39, 0.29) is 21.7 Å². The first-order valence-corrected chi connectivity index (χ1v) is 13.8. The molecule has 2 N–H and O–H groups in total. The van der Waals surface area contributed by atoms with E-state index in [4.69, 9.17) is 16.3 Å². The Morgan fingerprint density at radius 3 is 2.57 bits per heavy atom. The van der Waals surface area contributed by atoms with Gasteiger partial charge in [-0.15, -0.1) is 0 Å². The normalized spacial score (nSPS) is 13.4. The zero-order valence-electron chi connectivity index (χ0n) is 20.8. The van der Waals surface area contributed by atoms with Crippen molar-refractivity contribution in [3.05, 3.63) is 58.6 Å². The predicted molar refractivity (Wildman–Crippen MR) is 141 cm³/mol. The van der Waals surface area contributed by atoms with Crippen LogP contribution in [0, 0.1) is 0 Å². The minimum atomic E-state index is -3.60. The highest BCUT2D eigenvalue weighted by molar-refractivity contribution is 7.91. The van der Waals surface area contributed by atoms with Crippen molar-refractivity contribution in [2.75, 3.05) is 39.7 Å². The second-order valence-corrected chi connectivity index (χ2v) is 11.0. The maximum atomic E-state index is 12.5. The molecule has 0 atom stereocenters. The number of amidine groups is 1. The summed E-state index contributed by atoms with van der Waals surface area (Å²) in [5, 5.41) is 12.3. The van der Waals surface area contributed by atoms with Crippen LogP contribution in [0.15, 0.2) is 52.4 Å². The van der Waals surface area contributed by atoms with E-state index in [2.05, 4.69) is 10.3 Å². The highest BCUT2D eigenvalue weighted by Gasteiger charge is 2.24. The summed E-state index contributed by atoms with van der Waals surface area (Å²) < 4.78 is 30.1. The molecule has 12 heteroatoms. The number of unbranched alkanes of at least 4 members (excludes halogenated alkanes) is 1. The quantitative estimate of drug-likeness (QED) is 0.388. The number of sulfone groups is 1. The van der Waals surface area contributed by atoms with E-state index in [1.165, 1.54) is 24.1 Å². The van der Waals surface area contributed by atoms with E-state index in [0.29, 0.717) is 57.0 Å². The average Bonchev–Trinajstić information content (AvgIpc) is 3.36. The Morgan fingerprint density at radius 2 is 1.92 bits per heavy atom. The minimum Gasteiger partial charge on any atom is -0.497 e. The first-order chi connectivity index (χ1) is 17.6. The molecule has 2 aromatic rings. The van der Waals surface area contributed by atoms with Crippen LogP contribution in [-0.4, -0.2) is 80.8 Å². The number of benzene rings is 2. The van der Waals surface area contributed by atoms with Crippen molar-refractivity contribution in [2.45, 2.75) is 30.7 Å². The lowest BCUT2D eigenvalue weighted by Gasteiger charge is -2.18. The van der Waals surface area contributed by atoms with Gasteiger partial charge >= 0.3 is 6.09 Å². The van der Waals surface area contributed by atoms with Crippen LogP contribution in [0.2, 0.25) is 5.02 Å². The monoisotopic (exact) mass is 550 g/mol. The third-order valence-electron chi connectivity index (χ3n) is 5.89. The zero-order valence-corrected chi connectivity index (χ0v) is 22.4. The fourth-order valence-electron chi connectivity index (χ4n) is 3.86. The molecular weight excluding hydrogens is 520 g/mol. The third-order valence-corrected chi connectivity index (χ3v) is 7.92. The van der Waals surface area contributed by atoms with Gasteiger partial charge in [0.2, 0.25) is 5.91 Å². The van der Waals surface area contributed by atoms with Crippen LogP contribution in [0.5, 0.6) is 5.75 Å². The molecule has 0 spiro atoms. The predicted octanol–water partition coefficient (Wildman–Crippen LogP) is 3.24. The number of amides is 2.